The number of hydrogen-bond acceptors (Lipinski definition) is 3. The molecule has 0 radical (unpaired) electrons. The number of aromatic nitrogens is 1. The smallest absolute Gasteiger partial charge is 0.0555 e. The van der Waals surface area contributed by atoms with Crippen molar-refractivity contribution in [2.75, 3.05) is 26.2 Å². The molecule has 0 fully saturated rings. The van der Waals surface area contributed by atoms with Crippen molar-refractivity contribution in [1.29, 1.82) is 0 Å². The highest BCUT2D eigenvalue weighted by molar-refractivity contribution is 6.31. The van der Waals surface area contributed by atoms with Gasteiger partial charge in [-0.1, -0.05) is 48.0 Å². The van der Waals surface area contributed by atoms with E-state index in [9.17, 15) is 0 Å². The van der Waals surface area contributed by atoms with Crippen molar-refractivity contribution in [3.05, 3.63) is 70.4 Å². The fraction of sp³-hybridized carbons (Fsp3) is 0.333. The molecule has 0 aliphatic heterocycles. The van der Waals surface area contributed by atoms with E-state index in [2.05, 4.69) is 52.5 Å². The summed E-state index contributed by atoms with van der Waals surface area (Å²) in [7, 11) is 0. The number of rotatable bonds is 9. The molecule has 3 N–H and O–H groups in total. The Labute approximate surface area is 184 Å². The van der Waals surface area contributed by atoms with E-state index in [-0.39, 0.29) is 31.4 Å². The molecule has 0 saturated carbocycles. The predicted octanol–water partition coefficient (Wildman–Crippen LogP) is 4.17. The first-order chi connectivity index (χ1) is 12.7. The number of benzene rings is 2. The second-order valence-electron chi connectivity index (χ2n) is 6.41. The minimum absolute atomic E-state index is 0. The Bertz CT molecular complexity index is 867. The number of hydrogen-bond donors (Lipinski definition) is 3. The maximum absolute atomic E-state index is 8.80. The fourth-order valence-electron chi connectivity index (χ4n) is 3.32. The third-order valence-corrected chi connectivity index (χ3v) is 5.09. The zero-order chi connectivity index (χ0) is 18.4. The lowest BCUT2D eigenvalue weighted by molar-refractivity contribution is 0.292. The predicted molar refractivity (Wildman–Crippen MR) is 123 cm³/mol. The second kappa shape index (κ2) is 12.3. The van der Waals surface area contributed by atoms with E-state index in [1.165, 1.54) is 22.2 Å². The first kappa shape index (κ1) is 24.8. The summed E-state index contributed by atoms with van der Waals surface area (Å²) in [4.78, 5) is 0. The average molecular weight is 445 g/mol. The standard InChI is InChI=1S/C21H26ClN3O.2ClH/c1-16-19(14-24-11-10-23-12-13-26)18-7-3-5-9-21(18)25(16)15-17-6-2-4-8-20(17)22;;/h2-9,23-24,26H,10-15H2,1H3;2*1H. The van der Waals surface area contributed by atoms with Crippen molar-refractivity contribution in [3.8, 4) is 0 Å². The molecule has 28 heavy (non-hydrogen) atoms. The number of para-hydroxylation sites is 1. The summed E-state index contributed by atoms with van der Waals surface area (Å²) in [5, 5.41) is 17.6. The number of halogens is 3. The molecule has 3 rings (SSSR count). The van der Waals surface area contributed by atoms with Crippen LogP contribution in [0.3, 0.4) is 0 Å². The van der Waals surface area contributed by atoms with E-state index in [0.29, 0.717) is 6.54 Å². The molecule has 0 unspecified atom stereocenters. The lowest BCUT2D eigenvalue weighted by Gasteiger charge is -2.11. The number of fused-ring (bicyclic) bond motifs is 1. The molecule has 2 aromatic carbocycles. The SMILES string of the molecule is Cc1c(CNCCNCCO)c2ccccc2n1Cc1ccccc1Cl.Cl.Cl. The summed E-state index contributed by atoms with van der Waals surface area (Å²) in [6, 6.07) is 16.6. The number of nitrogens with one attached hydrogen (secondary N) is 2. The minimum Gasteiger partial charge on any atom is -0.395 e. The average Bonchev–Trinajstić information content (AvgIpc) is 2.92. The molecule has 7 heteroatoms. The van der Waals surface area contributed by atoms with Gasteiger partial charge in [0.15, 0.2) is 0 Å². The molecule has 4 nitrogen and oxygen atoms in total. The van der Waals surface area contributed by atoms with Crippen molar-refractivity contribution in [2.24, 2.45) is 0 Å². The molecule has 3 aromatic rings. The van der Waals surface area contributed by atoms with Gasteiger partial charge in [-0.05, 0) is 30.2 Å². The van der Waals surface area contributed by atoms with Crippen LogP contribution in [0.15, 0.2) is 48.5 Å². The van der Waals surface area contributed by atoms with Crippen LogP contribution in [0.4, 0.5) is 0 Å². The van der Waals surface area contributed by atoms with Gasteiger partial charge >= 0.3 is 0 Å². The zero-order valence-electron chi connectivity index (χ0n) is 16.0. The van der Waals surface area contributed by atoms with Gasteiger partial charge in [-0.3, -0.25) is 0 Å². The molecule has 0 atom stereocenters. The maximum atomic E-state index is 8.80. The third kappa shape index (κ3) is 5.86. The number of aliphatic hydroxyl groups is 1. The molecule has 0 saturated heterocycles. The van der Waals surface area contributed by atoms with E-state index in [0.717, 1.165) is 36.8 Å². The summed E-state index contributed by atoms with van der Waals surface area (Å²) in [6.07, 6.45) is 0. The highest BCUT2D eigenvalue weighted by Crippen LogP contribution is 2.28. The minimum atomic E-state index is 0. The van der Waals surface area contributed by atoms with Crippen LogP contribution in [0.1, 0.15) is 16.8 Å². The Balaban J connectivity index is 0.00000196. The molecule has 1 aromatic heterocycles. The van der Waals surface area contributed by atoms with Gasteiger partial charge < -0.3 is 20.3 Å². The molecule has 0 amide bonds. The van der Waals surface area contributed by atoms with E-state index >= 15 is 0 Å². The highest BCUT2D eigenvalue weighted by atomic mass is 35.5. The Kier molecular flexibility index (Phi) is 10.9. The van der Waals surface area contributed by atoms with Crippen LogP contribution < -0.4 is 10.6 Å². The quantitative estimate of drug-likeness (QED) is 0.434. The van der Waals surface area contributed by atoms with Crippen molar-refractivity contribution in [1.82, 2.24) is 15.2 Å². The molecule has 0 aliphatic carbocycles. The fourth-order valence-corrected chi connectivity index (χ4v) is 3.52. The van der Waals surface area contributed by atoms with Crippen molar-refractivity contribution in [3.63, 3.8) is 0 Å². The highest BCUT2D eigenvalue weighted by Gasteiger charge is 2.14. The van der Waals surface area contributed by atoms with Crippen LogP contribution in [-0.2, 0) is 13.1 Å². The van der Waals surface area contributed by atoms with Crippen LogP contribution in [0, 0.1) is 6.92 Å². The summed E-state index contributed by atoms with van der Waals surface area (Å²) >= 11 is 6.38. The van der Waals surface area contributed by atoms with E-state index in [4.69, 9.17) is 16.7 Å². The van der Waals surface area contributed by atoms with Crippen LogP contribution >= 0.6 is 36.4 Å². The normalized spacial score (nSPS) is 10.5. The number of aliphatic hydroxyl groups excluding tert-OH is 1. The summed E-state index contributed by atoms with van der Waals surface area (Å²) in [5.74, 6) is 0. The van der Waals surface area contributed by atoms with Gasteiger partial charge in [0.1, 0.15) is 0 Å². The van der Waals surface area contributed by atoms with E-state index in [1.54, 1.807) is 0 Å². The Morgan fingerprint density at radius 3 is 2.36 bits per heavy atom. The lowest BCUT2D eigenvalue weighted by atomic mass is 10.1. The Morgan fingerprint density at radius 1 is 0.929 bits per heavy atom. The molecule has 0 spiro atoms. The molecule has 0 bridgehead atoms. The van der Waals surface area contributed by atoms with Crippen LogP contribution in [0.2, 0.25) is 5.02 Å². The van der Waals surface area contributed by atoms with Gasteiger partial charge in [0.2, 0.25) is 0 Å². The molecule has 0 aliphatic rings. The maximum Gasteiger partial charge on any atom is 0.0555 e. The van der Waals surface area contributed by atoms with Gasteiger partial charge in [0.05, 0.1) is 6.61 Å². The van der Waals surface area contributed by atoms with Gasteiger partial charge in [0, 0.05) is 54.3 Å². The molecular weight excluding hydrogens is 417 g/mol. The first-order valence-corrected chi connectivity index (χ1v) is 9.42. The Hall–Kier alpha value is -1.27. The van der Waals surface area contributed by atoms with Crippen molar-refractivity contribution in [2.45, 2.75) is 20.0 Å². The topological polar surface area (TPSA) is 49.2 Å². The van der Waals surface area contributed by atoms with E-state index < -0.39 is 0 Å². The molecule has 1 heterocycles. The number of nitrogens with zero attached hydrogens (tertiary/aromatic N) is 1. The van der Waals surface area contributed by atoms with Gasteiger partial charge in [-0.15, -0.1) is 24.8 Å². The van der Waals surface area contributed by atoms with Crippen LogP contribution in [-0.4, -0.2) is 35.9 Å². The van der Waals surface area contributed by atoms with Gasteiger partial charge in [0.25, 0.3) is 0 Å². The molecular formula is C21H28Cl3N3O. The van der Waals surface area contributed by atoms with Crippen molar-refractivity contribution >= 4 is 47.3 Å². The van der Waals surface area contributed by atoms with Crippen molar-refractivity contribution < 1.29 is 5.11 Å². The largest absolute Gasteiger partial charge is 0.395 e. The van der Waals surface area contributed by atoms with Crippen LogP contribution in [0.5, 0.6) is 0 Å². The summed E-state index contributed by atoms with van der Waals surface area (Å²) < 4.78 is 2.34. The third-order valence-electron chi connectivity index (χ3n) is 4.72. The first-order valence-electron chi connectivity index (χ1n) is 9.04. The summed E-state index contributed by atoms with van der Waals surface area (Å²) in [5.41, 5.74) is 4.96. The molecule has 154 valence electrons. The lowest BCUT2D eigenvalue weighted by Crippen LogP contribution is -2.28. The van der Waals surface area contributed by atoms with E-state index in [1.807, 2.05) is 18.2 Å². The van der Waals surface area contributed by atoms with Gasteiger partial charge in [-0.25, -0.2) is 0 Å². The van der Waals surface area contributed by atoms with Crippen LogP contribution in [0.25, 0.3) is 10.9 Å². The Morgan fingerprint density at radius 2 is 1.61 bits per heavy atom. The second-order valence-corrected chi connectivity index (χ2v) is 6.82. The zero-order valence-corrected chi connectivity index (χ0v) is 18.3. The monoisotopic (exact) mass is 443 g/mol. The summed E-state index contributed by atoms with van der Waals surface area (Å²) in [6.45, 7) is 6.29. The van der Waals surface area contributed by atoms with Gasteiger partial charge in [-0.2, -0.15) is 0 Å².